The van der Waals surface area contributed by atoms with Gasteiger partial charge in [-0.25, -0.2) is 9.38 Å². The summed E-state index contributed by atoms with van der Waals surface area (Å²) in [5.74, 6) is 1.10. The highest BCUT2D eigenvalue weighted by Gasteiger charge is 2.06. The van der Waals surface area contributed by atoms with Crippen LogP contribution in [0.25, 0.3) is 0 Å². The van der Waals surface area contributed by atoms with E-state index < -0.39 is 0 Å². The zero-order valence-electron chi connectivity index (χ0n) is 13.6. The highest BCUT2D eigenvalue weighted by Crippen LogP contribution is 2.07. The number of nitrogens with zero attached hydrogens (tertiary/aromatic N) is 2. The third-order valence-electron chi connectivity index (χ3n) is 2.87. The fourth-order valence-electron chi connectivity index (χ4n) is 1.55. The van der Waals surface area contributed by atoms with Gasteiger partial charge >= 0.3 is 0 Å². The molecule has 0 aliphatic carbocycles. The van der Waals surface area contributed by atoms with E-state index >= 15 is 0 Å². The molecule has 0 aliphatic rings. The molecule has 2 N–H and O–H groups in total. The van der Waals surface area contributed by atoms with E-state index in [1.54, 1.807) is 44.1 Å². The van der Waals surface area contributed by atoms with Crippen molar-refractivity contribution in [3.63, 3.8) is 0 Å². The summed E-state index contributed by atoms with van der Waals surface area (Å²) in [5, 5.41) is 6.09. The molecule has 1 amide bonds. The van der Waals surface area contributed by atoms with Crippen LogP contribution in [-0.2, 0) is 11.3 Å². The lowest BCUT2D eigenvalue weighted by atomic mass is 10.2. The number of carbonyl (C=O) groups excluding carboxylic acids is 1. The van der Waals surface area contributed by atoms with E-state index in [4.69, 9.17) is 0 Å². The number of hydrogen-bond acceptors (Lipinski definition) is 3. The average molecular weight is 454 g/mol. The van der Waals surface area contributed by atoms with Gasteiger partial charge in [-0.3, -0.25) is 4.79 Å². The number of nitrogens with one attached hydrogen (secondary N) is 2. The summed E-state index contributed by atoms with van der Waals surface area (Å²) in [7, 11) is 3.39. The maximum atomic E-state index is 13.6. The van der Waals surface area contributed by atoms with Gasteiger partial charge in [0.25, 0.3) is 0 Å². The molecule has 8 heteroatoms. The van der Waals surface area contributed by atoms with Gasteiger partial charge in [-0.1, -0.05) is 18.2 Å². The molecular weight excluding hydrogens is 430 g/mol. The third-order valence-corrected chi connectivity index (χ3v) is 3.48. The third kappa shape index (κ3) is 8.99. The van der Waals surface area contributed by atoms with Gasteiger partial charge in [-0.05, 0) is 12.3 Å². The lowest BCUT2D eigenvalue weighted by Gasteiger charge is -2.14. The van der Waals surface area contributed by atoms with E-state index in [1.165, 1.54) is 11.0 Å². The van der Waals surface area contributed by atoms with E-state index in [-0.39, 0.29) is 48.8 Å². The molecule has 1 aromatic carbocycles. The van der Waals surface area contributed by atoms with Gasteiger partial charge in [0, 0.05) is 32.0 Å². The molecule has 0 heterocycles. The number of benzene rings is 1. The molecule has 130 valence electrons. The van der Waals surface area contributed by atoms with Gasteiger partial charge in [-0.15, -0.1) is 24.0 Å². The number of hydrogen-bond donors (Lipinski definition) is 2. The van der Waals surface area contributed by atoms with Crippen LogP contribution in [0.15, 0.2) is 29.3 Å². The standard InChI is InChI=1S/C15H23FN4OS.HI/c1-20(2)14(21)11-19-15(17-8-9-22-3)18-10-12-6-4-5-7-13(12)16;/h4-7H,8-11H2,1-3H3,(H2,17,18,19);1H. The first-order valence-corrected chi connectivity index (χ1v) is 8.38. The predicted molar refractivity (Wildman–Crippen MR) is 106 cm³/mol. The lowest BCUT2D eigenvalue weighted by Crippen LogP contribution is -2.43. The molecule has 0 saturated carbocycles. The Bertz CT molecular complexity index is 514. The van der Waals surface area contributed by atoms with Crippen LogP contribution >= 0.6 is 35.7 Å². The molecular formula is C15H24FIN4OS. The smallest absolute Gasteiger partial charge is 0.241 e. The topological polar surface area (TPSA) is 56.7 Å². The highest BCUT2D eigenvalue weighted by atomic mass is 127. The van der Waals surface area contributed by atoms with Crippen molar-refractivity contribution in [1.82, 2.24) is 15.5 Å². The minimum atomic E-state index is -0.279. The van der Waals surface area contributed by atoms with Crippen LogP contribution in [0.2, 0.25) is 0 Å². The predicted octanol–water partition coefficient (Wildman–Crippen LogP) is 1.93. The van der Waals surface area contributed by atoms with Crippen LogP contribution in [0.3, 0.4) is 0 Å². The number of halogens is 2. The Balaban J connectivity index is 0.00000484. The summed E-state index contributed by atoms with van der Waals surface area (Å²) in [5.41, 5.74) is 0.521. The highest BCUT2D eigenvalue weighted by molar-refractivity contribution is 14.0. The van der Waals surface area contributed by atoms with Crippen LogP contribution in [0, 0.1) is 5.82 Å². The lowest BCUT2D eigenvalue weighted by molar-refractivity contribution is -0.127. The molecule has 1 rings (SSSR count). The Labute approximate surface area is 158 Å². The first kappa shape index (κ1) is 22.0. The zero-order valence-corrected chi connectivity index (χ0v) is 16.8. The number of guanidine groups is 1. The second-order valence-electron chi connectivity index (χ2n) is 4.82. The largest absolute Gasteiger partial charge is 0.356 e. The monoisotopic (exact) mass is 454 g/mol. The summed E-state index contributed by atoms with van der Waals surface area (Å²) in [6.07, 6.45) is 2.01. The zero-order chi connectivity index (χ0) is 16.4. The molecule has 0 saturated heterocycles. The summed E-state index contributed by atoms with van der Waals surface area (Å²) in [6.45, 7) is 1.09. The number of likely N-dealkylation sites (N-methyl/N-ethyl adjacent to an activating group) is 1. The fraction of sp³-hybridized carbons (Fsp3) is 0.467. The van der Waals surface area contributed by atoms with Crippen molar-refractivity contribution in [1.29, 1.82) is 0 Å². The van der Waals surface area contributed by atoms with Gasteiger partial charge in [0.1, 0.15) is 5.82 Å². The molecule has 0 bridgehead atoms. The Kier molecular flexibility index (Phi) is 11.8. The van der Waals surface area contributed by atoms with Crippen molar-refractivity contribution < 1.29 is 9.18 Å². The molecule has 0 unspecified atom stereocenters. The normalized spacial score (nSPS) is 10.7. The fourth-order valence-corrected chi connectivity index (χ4v) is 1.86. The molecule has 5 nitrogen and oxygen atoms in total. The Hall–Kier alpha value is -1.03. The van der Waals surface area contributed by atoms with Crippen LogP contribution in [-0.4, -0.2) is 56.0 Å². The van der Waals surface area contributed by atoms with Crippen molar-refractivity contribution in [2.45, 2.75) is 6.54 Å². The first-order valence-electron chi connectivity index (χ1n) is 6.99. The van der Waals surface area contributed by atoms with E-state index in [0.29, 0.717) is 11.5 Å². The molecule has 0 spiro atoms. The molecule has 0 aliphatic heterocycles. The summed E-state index contributed by atoms with van der Waals surface area (Å²) >= 11 is 1.71. The minimum Gasteiger partial charge on any atom is -0.356 e. The second kappa shape index (κ2) is 12.4. The minimum absolute atomic E-state index is 0. The Morgan fingerprint density at radius 1 is 1.30 bits per heavy atom. The average Bonchev–Trinajstić information content (AvgIpc) is 2.50. The van der Waals surface area contributed by atoms with Gasteiger partial charge in [-0.2, -0.15) is 11.8 Å². The van der Waals surface area contributed by atoms with Gasteiger partial charge in [0.2, 0.25) is 5.91 Å². The molecule has 23 heavy (non-hydrogen) atoms. The summed E-state index contributed by atoms with van der Waals surface area (Å²) in [4.78, 5) is 17.5. The summed E-state index contributed by atoms with van der Waals surface area (Å²) in [6, 6.07) is 6.53. The van der Waals surface area contributed by atoms with E-state index in [2.05, 4.69) is 15.6 Å². The van der Waals surface area contributed by atoms with E-state index in [0.717, 1.165) is 12.3 Å². The SMILES string of the molecule is CSCCNC(=NCc1ccccc1F)NCC(=O)N(C)C.I. The number of rotatable bonds is 7. The van der Waals surface area contributed by atoms with E-state index in [9.17, 15) is 9.18 Å². The van der Waals surface area contributed by atoms with Crippen LogP contribution in [0.5, 0.6) is 0 Å². The maximum Gasteiger partial charge on any atom is 0.241 e. The number of thioether (sulfide) groups is 1. The van der Waals surface area contributed by atoms with Gasteiger partial charge in [0.05, 0.1) is 13.1 Å². The number of amides is 1. The number of carbonyl (C=O) groups is 1. The molecule has 0 atom stereocenters. The van der Waals surface area contributed by atoms with Crippen molar-refractivity contribution in [3.05, 3.63) is 35.6 Å². The van der Waals surface area contributed by atoms with Crippen molar-refractivity contribution in [2.24, 2.45) is 4.99 Å². The Morgan fingerprint density at radius 3 is 2.61 bits per heavy atom. The van der Waals surface area contributed by atoms with Crippen molar-refractivity contribution >= 4 is 47.6 Å². The molecule has 0 fully saturated rings. The maximum absolute atomic E-state index is 13.6. The second-order valence-corrected chi connectivity index (χ2v) is 5.80. The van der Waals surface area contributed by atoms with Crippen LogP contribution in [0.1, 0.15) is 5.56 Å². The van der Waals surface area contributed by atoms with Gasteiger partial charge in [0.15, 0.2) is 5.96 Å². The first-order chi connectivity index (χ1) is 10.5. The Morgan fingerprint density at radius 2 is 2.00 bits per heavy atom. The van der Waals surface area contributed by atoms with E-state index in [1.807, 2.05) is 6.26 Å². The molecule has 0 aromatic heterocycles. The summed E-state index contributed by atoms with van der Waals surface area (Å²) < 4.78 is 13.6. The van der Waals surface area contributed by atoms with Crippen LogP contribution < -0.4 is 10.6 Å². The molecule has 0 radical (unpaired) electrons. The quantitative estimate of drug-likeness (QED) is 0.286. The van der Waals surface area contributed by atoms with Gasteiger partial charge < -0.3 is 15.5 Å². The van der Waals surface area contributed by atoms with Crippen molar-refractivity contribution in [3.8, 4) is 0 Å². The van der Waals surface area contributed by atoms with Crippen molar-refractivity contribution in [2.75, 3.05) is 39.2 Å². The van der Waals surface area contributed by atoms with Crippen LogP contribution in [0.4, 0.5) is 4.39 Å². The molecule has 1 aromatic rings. The number of aliphatic imine (C=N–C) groups is 1.